The molecule has 1 aromatic heterocycles. The number of aromatic nitrogens is 2. The van der Waals surface area contributed by atoms with Crippen molar-refractivity contribution in [3.8, 4) is 0 Å². The zero-order valence-corrected chi connectivity index (χ0v) is 14.4. The number of nitro groups is 1. The molecule has 4 N–H and O–H groups in total. The van der Waals surface area contributed by atoms with Crippen LogP contribution in [0.4, 0.5) is 33.3 Å². The fourth-order valence-corrected chi connectivity index (χ4v) is 2.40. The van der Waals surface area contributed by atoms with Crippen molar-refractivity contribution < 1.29 is 9.31 Å². The van der Waals surface area contributed by atoms with E-state index in [-0.39, 0.29) is 23.3 Å². The highest BCUT2D eigenvalue weighted by Gasteiger charge is 2.24. The van der Waals surface area contributed by atoms with Gasteiger partial charge in [0.25, 0.3) is 0 Å². The van der Waals surface area contributed by atoms with E-state index in [4.69, 9.17) is 5.73 Å². The monoisotopic (exact) mass is 368 g/mol. The molecule has 0 radical (unpaired) electrons. The molecule has 3 rings (SSSR count). The highest BCUT2D eigenvalue weighted by atomic mass is 19.1. The minimum atomic E-state index is -0.706. The van der Waals surface area contributed by atoms with Gasteiger partial charge in [0, 0.05) is 6.54 Å². The van der Waals surface area contributed by atoms with E-state index in [9.17, 15) is 14.5 Å². The number of aryl methyl sites for hydroxylation is 1. The molecule has 0 spiro atoms. The molecule has 0 unspecified atom stereocenters. The number of halogens is 1. The van der Waals surface area contributed by atoms with E-state index in [0.29, 0.717) is 6.54 Å². The Morgan fingerprint density at radius 1 is 1.15 bits per heavy atom. The van der Waals surface area contributed by atoms with Gasteiger partial charge in [-0.25, -0.2) is 4.39 Å². The van der Waals surface area contributed by atoms with Crippen molar-refractivity contribution in [1.29, 1.82) is 0 Å². The molecule has 0 saturated carbocycles. The van der Waals surface area contributed by atoms with Crippen LogP contribution in [0.15, 0.2) is 48.5 Å². The number of hydrogen-bond donors (Lipinski definition) is 3. The van der Waals surface area contributed by atoms with Gasteiger partial charge in [-0.05, 0) is 24.6 Å². The molecule has 138 valence electrons. The van der Waals surface area contributed by atoms with Crippen molar-refractivity contribution in [3.05, 3.63) is 75.6 Å². The van der Waals surface area contributed by atoms with Gasteiger partial charge >= 0.3 is 5.69 Å². The largest absolute Gasteiger partial charge is 0.378 e. The maximum atomic E-state index is 13.9. The van der Waals surface area contributed by atoms with Gasteiger partial charge in [-0.3, -0.25) is 10.1 Å². The molecule has 9 heteroatoms. The standard InChI is InChI=1S/C18H17FN6O2/c1-11-6-8-12(9-7-11)10-21-18-23-16(20)15(25(26)27)17(24-18)22-14-5-3-2-4-13(14)19/h2-9H,10H2,1H3,(H4,20,21,22,23,24). The Balaban J connectivity index is 1.89. The summed E-state index contributed by atoms with van der Waals surface area (Å²) >= 11 is 0. The molecule has 0 atom stereocenters. The third-order valence-corrected chi connectivity index (χ3v) is 3.79. The Labute approximate surface area is 154 Å². The zero-order chi connectivity index (χ0) is 19.4. The topological polar surface area (TPSA) is 119 Å². The maximum Gasteiger partial charge on any atom is 0.353 e. The average Bonchev–Trinajstić information content (AvgIpc) is 2.62. The van der Waals surface area contributed by atoms with E-state index < -0.39 is 16.4 Å². The van der Waals surface area contributed by atoms with E-state index >= 15 is 0 Å². The first kappa shape index (κ1) is 18.1. The number of para-hydroxylation sites is 1. The summed E-state index contributed by atoms with van der Waals surface area (Å²) in [6.07, 6.45) is 0. The van der Waals surface area contributed by atoms with Gasteiger partial charge in [0.2, 0.25) is 17.6 Å². The van der Waals surface area contributed by atoms with Gasteiger partial charge in [0.05, 0.1) is 10.6 Å². The normalized spacial score (nSPS) is 10.4. The van der Waals surface area contributed by atoms with Gasteiger partial charge in [-0.1, -0.05) is 42.0 Å². The molecular weight excluding hydrogens is 351 g/mol. The Morgan fingerprint density at radius 2 is 1.85 bits per heavy atom. The summed E-state index contributed by atoms with van der Waals surface area (Å²) in [6, 6.07) is 13.6. The molecule has 0 aliphatic heterocycles. The third-order valence-electron chi connectivity index (χ3n) is 3.79. The molecule has 0 bridgehead atoms. The first-order chi connectivity index (χ1) is 12.9. The summed E-state index contributed by atoms with van der Waals surface area (Å²) in [7, 11) is 0. The number of nitrogen functional groups attached to an aromatic ring is 1. The van der Waals surface area contributed by atoms with Crippen LogP contribution in [0.25, 0.3) is 0 Å². The fourth-order valence-electron chi connectivity index (χ4n) is 2.40. The number of nitrogens with zero attached hydrogens (tertiary/aromatic N) is 3. The highest BCUT2D eigenvalue weighted by Crippen LogP contribution is 2.32. The lowest BCUT2D eigenvalue weighted by Gasteiger charge is -2.11. The quantitative estimate of drug-likeness (QED) is 0.447. The van der Waals surface area contributed by atoms with Crippen molar-refractivity contribution in [2.45, 2.75) is 13.5 Å². The van der Waals surface area contributed by atoms with Crippen molar-refractivity contribution in [2.75, 3.05) is 16.4 Å². The summed E-state index contributed by atoms with van der Waals surface area (Å²) in [5, 5.41) is 16.9. The van der Waals surface area contributed by atoms with Crippen molar-refractivity contribution in [2.24, 2.45) is 0 Å². The van der Waals surface area contributed by atoms with E-state index in [1.807, 2.05) is 31.2 Å². The van der Waals surface area contributed by atoms with Gasteiger partial charge in [-0.2, -0.15) is 9.97 Å². The number of benzene rings is 2. The lowest BCUT2D eigenvalue weighted by molar-refractivity contribution is -0.383. The molecular formula is C18H17FN6O2. The minimum Gasteiger partial charge on any atom is -0.378 e. The molecule has 1 heterocycles. The summed E-state index contributed by atoms with van der Waals surface area (Å²) in [5.74, 6) is -0.986. The summed E-state index contributed by atoms with van der Waals surface area (Å²) in [5.41, 5.74) is 7.37. The molecule has 27 heavy (non-hydrogen) atoms. The molecule has 0 saturated heterocycles. The predicted octanol–water partition coefficient (Wildman–Crippen LogP) is 3.77. The third kappa shape index (κ3) is 4.27. The Morgan fingerprint density at radius 3 is 2.52 bits per heavy atom. The van der Waals surface area contributed by atoms with E-state index in [1.165, 1.54) is 18.2 Å². The van der Waals surface area contributed by atoms with Gasteiger partial charge < -0.3 is 16.4 Å². The highest BCUT2D eigenvalue weighted by molar-refractivity contribution is 5.74. The summed E-state index contributed by atoms with van der Waals surface area (Å²) in [6.45, 7) is 2.38. The molecule has 3 aromatic rings. The summed E-state index contributed by atoms with van der Waals surface area (Å²) < 4.78 is 13.9. The van der Waals surface area contributed by atoms with Gasteiger partial charge in [0.15, 0.2) is 0 Å². The molecule has 0 fully saturated rings. The van der Waals surface area contributed by atoms with Crippen LogP contribution in [0.1, 0.15) is 11.1 Å². The number of hydrogen-bond acceptors (Lipinski definition) is 7. The first-order valence-electron chi connectivity index (χ1n) is 8.07. The maximum absolute atomic E-state index is 13.9. The SMILES string of the molecule is Cc1ccc(CNc2nc(N)c([N+](=O)[O-])c(Nc3ccccc3F)n2)cc1. The Bertz CT molecular complexity index is 978. The van der Waals surface area contributed by atoms with Crippen LogP contribution in [0.3, 0.4) is 0 Å². The second-order valence-corrected chi connectivity index (χ2v) is 5.83. The number of nitrogens with one attached hydrogen (secondary N) is 2. The Kier molecular flexibility index (Phi) is 5.11. The van der Waals surface area contributed by atoms with Gasteiger partial charge in [0.1, 0.15) is 5.82 Å². The molecule has 0 aliphatic carbocycles. The Hall–Kier alpha value is -3.75. The smallest absolute Gasteiger partial charge is 0.353 e. The minimum absolute atomic E-state index is 0.0446. The van der Waals surface area contributed by atoms with Crippen molar-refractivity contribution in [1.82, 2.24) is 9.97 Å². The van der Waals surface area contributed by atoms with Crippen LogP contribution >= 0.6 is 0 Å². The van der Waals surface area contributed by atoms with Crippen LogP contribution < -0.4 is 16.4 Å². The van der Waals surface area contributed by atoms with Crippen LogP contribution in [0.5, 0.6) is 0 Å². The number of anilines is 4. The predicted molar refractivity (Wildman–Crippen MR) is 101 cm³/mol. The van der Waals surface area contributed by atoms with Crippen LogP contribution in [0, 0.1) is 22.9 Å². The fraction of sp³-hybridized carbons (Fsp3) is 0.111. The second kappa shape index (κ2) is 7.65. The van der Waals surface area contributed by atoms with E-state index in [2.05, 4.69) is 20.6 Å². The second-order valence-electron chi connectivity index (χ2n) is 5.83. The lowest BCUT2D eigenvalue weighted by atomic mass is 10.1. The van der Waals surface area contributed by atoms with Crippen molar-refractivity contribution >= 4 is 29.0 Å². The van der Waals surface area contributed by atoms with Crippen LogP contribution in [-0.2, 0) is 6.54 Å². The number of rotatable bonds is 6. The molecule has 0 aliphatic rings. The number of nitrogens with two attached hydrogens (primary N) is 1. The van der Waals surface area contributed by atoms with Crippen molar-refractivity contribution in [3.63, 3.8) is 0 Å². The van der Waals surface area contributed by atoms with E-state index in [1.54, 1.807) is 6.07 Å². The van der Waals surface area contributed by atoms with Crippen LogP contribution in [0.2, 0.25) is 0 Å². The van der Waals surface area contributed by atoms with E-state index in [0.717, 1.165) is 11.1 Å². The zero-order valence-electron chi connectivity index (χ0n) is 14.4. The summed E-state index contributed by atoms with van der Waals surface area (Å²) in [4.78, 5) is 18.7. The van der Waals surface area contributed by atoms with Gasteiger partial charge in [-0.15, -0.1) is 0 Å². The molecule has 0 amide bonds. The van der Waals surface area contributed by atoms with Crippen LogP contribution in [-0.4, -0.2) is 14.9 Å². The lowest BCUT2D eigenvalue weighted by Crippen LogP contribution is -2.11. The molecule has 2 aromatic carbocycles. The average molecular weight is 368 g/mol. The molecule has 8 nitrogen and oxygen atoms in total. The first-order valence-corrected chi connectivity index (χ1v) is 8.07.